The molecule has 5 nitrogen and oxygen atoms in total. The van der Waals surface area contributed by atoms with E-state index in [0.29, 0.717) is 11.7 Å². The number of carbonyl (C=O) groups is 1. The summed E-state index contributed by atoms with van der Waals surface area (Å²) < 4.78 is 13.1. The van der Waals surface area contributed by atoms with E-state index in [1.807, 2.05) is 24.3 Å². The zero-order chi connectivity index (χ0) is 22.3. The zero-order valence-electron chi connectivity index (χ0n) is 18.1. The molecule has 1 fully saturated rings. The van der Waals surface area contributed by atoms with E-state index in [1.165, 1.54) is 44.2 Å². The maximum absolute atomic E-state index is 13.1. The van der Waals surface area contributed by atoms with Gasteiger partial charge in [-0.15, -0.1) is 0 Å². The highest BCUT2D eigenvalue weighted by Gasteiger charge is 2.19. The second kappa shape index (κ2) is 10.5. The molecule has 6 heteroatoms. The maximum Gasteiger partial charge on any atom is 0.229 e. The Labute approximate surface area is 187 Å². The van der Waals surface area contributed by atoms with E-state index in [9.17, 15) is 14.3 Å². The number of aromatic nitrogens is 2. The van der Waals surface area contributed by atoms with Crippen molar-refractivity contribution in [3.05, 3.63) is 77.4 Å². The fourth-order valence-corrected chi connectivity index (χ4v) is 4.22. The molecule has 0 bridgehead atoms. The van der Waals surface area contributed by atoms with Crippen molar-refractivity contribution in [3.63, 3.8) is 0 Å². The maximum atomic E-state index is 13.1. The molecular weight excluding hydrogens is 405 g/mol. The molecule has 0 unspecified atom stereocenters. The molecule has 0 saturated heterocycles. The van der Waals surface area contributed by atoms with Crippen LogP contribution >= 0.6 is 0 Å². The summed E-state index contributed by atoms with van der Waals surface area (Å²) in [5.74, 6) is 0.518. The first-order valence-corrected chi connectivity index (χ1v) is 11.2. The van der Waals surface area contributed by atoms with Gasteiger partial charge in [-0.3, -0.25) is 4.79 Å². The lowest BCUT2D eigenvalue weighted by Gasteiger charge is -2.22. The van der Waals surface area contributed by atoms with Crippen molar-refractivity contribution in [3.8, 4) is 11.3 Å². The summed E-state index contributed by atoms with van der Waals surface area (Å²) in [6.07, 6.45) is 8.67. The van der Waals surface area contributed by atoms with Crippen LogP contribution < -0.4 is 5.32 Å². The molecule has 1 amide bonds. The van der Waals surface area contributed by atoms with E-state index >= 15 is 0 Å². The van der Waals surface area contributed by atoms with E-state index in [0.717, 1.165) is 34.5 Å². The van der Waals surface area contributed by atoms with Crippen LogP contribution in [0, 0.1) is 11.7 Å². The second-order valence-electron chi connectivity index (χ2n) is 8.47. The fraction of sp³-hybridized carbons (Fsp3) is 0.346. The van der Waals surface area contributed by atoms with E-state index in [-0.39, 0.29) is 24.8 Å². The summed E-state index contributed by atoms with van der Waals surface area (Å²) in [4.78, 5) is 22.1. The molecule has 32 heavy (non-hydrogen) atoms. The number of hydrogen-bond acceptors (Lipinski definition) is 4. The molecular formula is C26H28FN3O2. The number of nitrogens with zero attached hydrogens (tertiary/aromatic N) is 2. The lowest BCUT2D eigenvalue weighted by Crippen LogP contribution is -2.19. The minimum Gasteiger partial charge on any atom is -0.392 e. The molecule has 0 radical (unpaired) electrons. The molecule has 1 aliphatic carbocycles. The van der Waals surface area contributed by atoms with Gasteiger partial charge in [-0.2, -0.15) is 0 Å². The normalized spacial score (nSPS) is 14.3. The summed E-state index contributed by atoms with van der Waals surface area (Å²) in [6.45, 7) is -0.00207. The van der Waals surface area contributed by atoms with Gasteiger partial charge in [-0.25, -0.2) is 14.4 Å². The smallest absolute Gasteiger partial charge is 0.229 e. The molecule has 2 aromatic carbocycles. The molecule has 1 saturated carbocycles. The summed E-state index contributed by atoms with van der Waals surface area (Å²) in [7, 11) is 0. The first-order chi connectivity index (χ1) is 15.6. The zero-order valence-corrected chi connectivity index (χ0v) is 18.1. The van der Waals surface area contributed by atoms with Crippen LogP contribution in [0.1, 0.15) is 48.9 Å². The molecule has 0 aliphatic heterocycles. The molecule has 1 aliphatic rings. The minimum absolute atomic E-state index is 0.00207. The number of hydrogen-bond donors (Lipinski definition) is 2. The van der Waals surface area contributed by atoms with Gasteiger partial charge in [-0.1, -0.05) is 68.5 Å². The molecule has 0 spiro atoms. The summed E-state index contributed by atoms with van der Waals surface area (Å²) in [6, 6.07) is 13.5. The largest absolute Gasteiger partial charge is 0.392 e. The third-order valence-corrected chi connectivity index (χ3v) is 6.02. The van der Waals surface area contributed by atoms with Crippen LogP contribution in [0.15, 0.2) is 54.7 Å². The molecule has 1 aromatic heterocycles. The van der Waals surface area contributed by atoms with Crippen molar-refractivity contribution in [2.24, 2.45) is 5.92 Å². The van der Waals surface area contributed by atoms with Crippen molar-refractivity contribution in [1.29, 1.82) is 0 Å². The number of aliphatic hydroxyl groups is 1. The Kier molecular flexibility index (Phi) is 7.22. The molecule has 166 valence electrons. The predicted molar refractivity (Wildman–Crippen MR) is 122 cm³/mol. The van der Waals surface area contributed by atoms with Gasteiger partial charge in [0.1, 0.15) is 5.82 Å². The summed E-state index contributed by atoms with van der Waals surface area (Å²) in [5.41, 5.74) is 4.05. The number of amides is 1. The van der Waals surface area contributed by atoms with Crippen LogP contribution in [0.4, 0.5) is 10.2 Å². The third-order valence-electron chi connectivity index (χ3n) is 6.02. The minimum atomic E-state index is -0.322. The topological polar surface area (TPSA) is 75.1 Å². The summed E-state index contributed by atoms with van der Waals surface area (Å²) >= 11 is 0. The Morgan fingerprint density at radius 1 is 1.00 bits per heavy atom. The molecule has 0 atom stereocenters. The Bertz CT molecular complexity index is 1050. The third kappa shape index (κ3) is 5.77. The van der Waals surface area contributed by atoms with Crippen molar-refractivity contribution in [2.75, 3.05) is 5.32 Å². The van der Waals surface area contributed by atoms with E-state index in [4.69, 9.17) is 4.98 Å². The van der Waals surface area contributed by atoms with Crippen molar-refractivity contribution < 1.29 is 14.3 Å². The molecule has 4 rings (SSSR count). The number of anilines is 1. The van der Waals surface area contributed by atoms with Crippen molar-refractivity contribution in [1.82, 2.24) is 9.97 Å². The van der Waals surface area contributed by atoms with E-state index in [1.54, 1.807) is 18.3 Å². The van der Waals surface area contributed by atoms with Gasteiger partial charge >= 0.3 is 0 Å². The number of aliphatic hydroxyl groups excluding tert-OH is 1. The quantitative estimate of drug-likeness (QED) is 0.545. The van der Waals surface area contributed by atoms with Crippen LogP contribution in [0.25, 0.3) is 11.3 Å². The lowest BCUT2D eigenvalue weighted by molar-refractivity contribution is -0.115. The number of carbonyl (C=O) groups excluding carboxylic acids is 1. The highest BCUT2D eigenvalue weighted by Crippen LogP contribution is 2.29. The van der Waals surface area contributed by atoms with Crippen LogP contribution in [-0.4, -0.2) is 21.0 Å². The Morgan fingerprint density at radius 2 is 1.69 bits per heavy atom. The van der Waals surface area contributed by atoms with Crippen LogP contribution in [0.3, 0.4) is 0 Å². The average molecular weight is 434 g/mol. The lowest BCUT2D eigenvalue weighted by atomic mass is 9.86. The van der Waals surface area contributed by atoms with Crippen LogP contribution in [0.2, 0.25) is 0 Å². The number of nitrogens with one attached hydrogen (secondary N) is 1. The number of rotatable bonds is 7. The van der Waals surface area contributed by atoms with Gasteiger partial charge in [0.15, 0.2) is 5.82 Å². The predicted octanol–water partition coefficient (Wildman–Crippen LogP) is 5.08. The molecule has 3 aromatic rings. The Morgan fingerprint density at radius 3 is 2.38 bits per heavy atom. The van der Waals surface area contributed by atoms with Gasteiger partial charge in [0.25, 0.3) is 0 Å². The highest BCUT2D eigenvalue weighted by atomic mass is 19.1. The first kappa shape index (κ1) is 22.1. The Hall–Kier alpha value is -3.12. The van der Waals surface area contributed by atoms with E-state index < -0.39 is 0 Å². The first-order valence-electron chi connectivity index (χ1n) is 11.2. The van der Waals surface area contributed by atoms with Crippen molar-refractivity contribution >= 4 is 11.7 Å². The SMILES string of the molecule is O=C(Cc1ccc(F)cc1)Nc1ncc(-c2ccc(CO)cc2)nc1CC1CCCCC1. The Balaban J connectivity index is 1.56. The fourth-order valence-electron chi connectivity index (χ4n) is 4.22. The van der Waals surface area contributed by atoms with Gasteiger partial charge in [0.2, 0.25) is 5.91 Å². The number of benzene rings is 2. The van der Waals surface area contributed by atoms with Gasteiger partial charge in [-0.05, 0) is 35.6 Å². The average Bonchev–Trinajstić information content (AvgIpc) is 2.82. The van der Waals surface area contributed by atoms with Gasteiger partial charge < -0.3 is 10.4 Å². The molecule has 2 N–H and O–H groups in total. The number of halogens is 1. The highest BCUT2D eigenvalue weighted by molar-refractivity contribution is 5.92. The monoisotopic (exact) mass is 433 g/mol. The second-order valence-corrected chi connectivity index (χ2v) is 8.47. The van der Waals surface area contributed by atoms with Crippen LogP contribution in [0.5, 0.6) is 0 Å². The van der Waals surface area contributed by atoms with Gasteiger partial charge in [0, 0.05) is 5.56 Å². The molecule has 1 heterocycles. The summed E-state index contributed by atoms with van der Waals surface area (Å²) in [5, 5.41) is 12.2. The standard InChI is InChI=1S/C26H28FN3O2/c27-22-12-8-19(9-13-22)15-25(32)30-26-23(14-18-4-2-1-3-5-18)29-24(16-28-26)21-10-6-20(17-31)7-11-21/h6-13,16,18,31H,1-5,14-15,17H2,(H,28,30,32). The van der Waals surface area contributed by atoms with Crippen LogP contribution in [-0.2, 0) is 24.2 Å². The van der Waals surface area contributed by atoms with E-state index in [2.05, 4.69) is 10.3 Å². The van der Waals surface area contributed by atoms with Crippen molar-refractivity contribution in [2.45, 2.75) is 51.6 Å². The van der Waals surface area contributed by atoms with Gasteiger partial charge in [0.05, 0.1) is 30.6 Å².